The Balaban J connectivity index is 1.77. The smallest absolute Gasteiger partial charge is 0.343 e. The predicted molar refractivity (Wildman–Crippen MR) is 117 cm³/mol. The molecule has 0 heterocycles. The van der Waals surface area contributed by atoms with Crippen LogP contribution in [0.25, 0.3) is 0 Å². The molecule has 4 nitrogen and oxygen atoms in total. The number of ether oxygens (including phenoxy) is 3. The van der Waals surface area contributed by atoms with Crippen LogP contribution < -0.4 is 14.2 Å². The van der Waals surface area contributed by atoms with Gasteiger partial charge in [0, 0.05) is 0 Å². The molecular weight excluding hydrogens is 364 g/mol. The van der Waals surface area contributed by atoms with Gasteiger partial charge in [0.1, 0.15) is 17.2 Å². The Kier molecular flexibility index (Phi) is 9.84. The molecular formula is C25H32O4. The zero-order valence-corrected chi connectivity index (χ0v) is 17.6. The third kappa shape index (κ3) is 8.43. The van der Waals surface area contributed by atoms with Gasteiger partial charge < -0.3 is 14.2 Å². The molecule has 2 aromatic rings. The molecule has 2 aromatic carbocycles. The second kappa shape index (κ2) is 12.7. The van der Waals surface area contributed by atoms with Gasteiger partial charge in [-0.3, -0.25) is 0 Å². The van der Waals surface area contributed by atoms with Crippen molar-refractivity contribution >= 4 is 5.97 Å². The average Bonchev–Trinajstić information content (AvgIpc) is 2.75. The topological polar surface area (TPSA) is 44.8 Å². The maximum Gasteiger partial charge on any atom is 0.343 e. The van der Waals surface area contributed by atoms with E-state index >= 15 is 0 Å². The van der Waals surface area contributed by atoms with Crippen LogP contribution in [0.1, 0.15) is 56.3 Å². The van der Waals surface area contributed by atoms with Crippen LogP contribution >= 0.6 is 0 Å². The minimum absolute atomic E-state index is 0.395. The van der Waals surface area contributed by atoms with Crippen molar-refractivity contribution in [3.8, 4) is 17.2 Å². The molecule has 0 aliphatic rings. The molecule has 2 rings (SSSR count). The monoisotopic (exact) mass is 396 g/mol. The highest BCUT2D eigenvalue weighted by Gasteiger charge is 2.09. The molecule has 1 atom stereocenters. The first-order valence-electron chi connectivity index (χ1n) is 10.4. The van der Waals surface area contributed by atoms with Crippen molar-refractivity contribution in [2.45, 2.75) is 46.0 Å². The number of allylic oxidation sites excluding steroid dienone is 1. The van der Waals surface area contributed by atoms with E-state index in [0.29, 0.717) is 24.5 Å². The van der Waals surface area contributed by atoms with E-state index < -0.39 is 5.97 Å². The molecule has 0 bridgehead atoms. The van der Waals surface area contributed by atoms with Crippen molar-refractivity contribution < 1.29 is 19.0 Å². The number of rotatable bonds is 13. The lowest BCUT2D eigenvalue weighted by atomic mass is 10.0. The molecule has 156 valence electrons. The number of hydrogen-bond donors (Lipinski definition) is 0. The Bertz CT molecular complexity index is 734. The van der Waals surface area contributed by atoms with Crippen LogP contribution in [0.15, 0.2) is 61.2 Å². The van der Waals surface area contributed by atoms with E-state index in [2.05, 4.69) is 20.4 Å². The van der Waals surface area contributed by atoms with Crippen LogP contribution in [0.3, 0.4) is 0 Å². The van der Waals surface area contributed by atoms with Crippen molar-refractivity contribution in [2.24, 2.45) is 5.92 Å². The van der Waals surface area contributed by atoms with Crippen LogP contribution in [-0.2, 0) is 0 Å². The molecule has 0 amide bonds. The molecule has 0 spiro atoms. The summed E-state index contributed by atoms with van der Waals surface area (Å²) in [4.78, 5) is 12.3. The quantitative estimate of drug-likeness (QED) is 0.169. The SMILES string of the molecule is C=CCCCOc1ccc(OC(=O)c2ccc(OCCC[C@@H](C)CC)cc2)cc1. The summed E-state index contributed by atoms with van der Waals surface area (Å²) in [6.45, 7) is 9.48. The third-order valence-electron chi connectivity index (χ3n) is 4.75. The normalized spacial score (nSPS) is 11.5. The molecule has 0 unspecified atom stereocenters. The molecule has 0 fully saturated rings. The second-order valence-corrected chi connectivity index (χ2v) is 7.17. The van der Waals surface area contributed by atoms with Gasteiger partial charge in [0.2, 0.25) is 0 Å². The van der Waals surface area contributed by atoms with Gasteiger partial charge in [-0.1, -0.05) is 26.3 Å². The summed E-state index contributed by atoms with van der Waals surface area (Å²) in [6.07, 6.45) is 7.13. The van der Waals surface area contributed by atoms with Gasteiger partial charge in [0.05, 0.1) is 18.8 Å². The van der Waals surface area contributed by atoms with Crippen LogP contribution in [0.4, 0.5) is 0 Å². The summed E-state index contributed by atoms with van der Waals surface area (Å²) in [6, 6.07) is 14.1. The highest BCUT2D eigenvalue weighted by Crippen LogP contribution is 2.20. The second-order valence-electron chi connectivity index (χ2n) is 7.17. The average molecular weight is 397 g/mol. The molecule has 0 N–H and O–H groups in total. The van der Waals surface area contributed by atoms with Gasteiger partial charge in [-0.15, -0.1) is 6.58 Å². The van der Waals surface area contributed by atoms with Gasteiger partial charge in [-0.25, -0.2) is 4.79 Å². The number of hydrogen-bond acceptors (Lipinski definition) is 4. The van der Waals surface area contributed by atoms with Crippen molar-refractivity contribution in [1.82, 2.24) is 0 Å². The summed E-state index contributed by atoms with van der Waals surface area (Å²) in [5, 5.41) is 0. The van der Waals surface area contributed by atoms with Crippen molar-refractivity contribution in [3.05, 3.63) is 66.7 Å². The van der Waals surface area contributed by atoms with Crippen LogP contribution in [0, 0.1) is 5.92 Å². The van der Waals surface area contributed by atoms with Crippen molar-refractivity contribution in [3.63, 3.8) is 0 Å². The van der Waals surface area contributed by atoms with Gasteiger partial charge in [-0.05, 0) is 80.1 Å². The molecule has 0 saturated heterocycles. The lowest BCUT2D eigenvalue weighted by molar-refractivity contribution is 0.0734. The van der Waals surface area contributed by atoms with E-state index in [0.717, 1.165) is 36.7 Å². The fourth-order valence-electron chi connectivity index (χ4n) is 2.70. The lowest BCUT2D eigenvalue weighted by Crippen LogP contribution is -2.08. The Morgan fingerprint density at radius 3 is 2.07 bits per heavy atom. The molecule has 0 aliphatic heterocycles. The Morgan fingerprint density at radius 2 is 1.48 bits per heavy atom. The summed E-state index contributed by atoms with van der Waals surface area (Å²) >= 11 is 0. The Labute approximate surface area is 174 Å². The van der Waals surface area contributed by atoms with Gasteiger partial charge in [0.25, 0.3) is 0 Å². The molecule has 0 radical (unpaired) electrons. The van der Waals surface area contributed by atoms with Gasteiger partial charge in [0.15, 0.2) is 0 Å². The number of carbonyl (C=O) groups excluding carboxylic acids is 1. The molecule has 4 heteroatoms. The summed E-state index contributed by atoms with van der Waals surface area (Å²) in [7, 11) is 0. The number of carbonyl (C=O) groups is 1. The summed E-state index contributed by atoms with van der Waals surface area (Å²) in [5.74, 6) is 2.34. The first-order valence-corrected chi connectivity index (χ1v) is 10.4. The van der Waals surface area contributed by atoms with E-state index in [9.17, 15) is 4.79 Å². The number of esters is 1. The fraction of sp³-hybridized carbons (Fsp3) is 0.400. The standard InChI is InChI=1S/C25H32O4/c1-4-6-7-18-27-23-14-16-24(17-15-23)29-25(26)21-10-12-22(13-11-21)28-19-8-9-20(3)5-2/h4,10-17,20H,1,5-9,18-19H2,2-3H3/t20-/m0/s1. The zero-order chi connectivity index (χ0) is 20.9. The first-order chi connectivity index (χ1) is 14.1. The van der Waals surface area contributed by atoms with E-state index in [-0.39, 0.29) is 0 Å². The number of benzene rings is 2. The molecule has 0 aromatic heterocycles. The highest BCUT2D eigenvalue weighted by molar-refractivity contribution is 5.91. The predicted octanol–water partition coefficient (Wildman–Crippen LogP) is 6.46. The maximum absolute atomic E-state index is 12.3. The Morgan fingerprint density at radius 1 is 0.931 bits per heavy atom. The van der Waals surface area contributed by atoms with Crippen LogP contribution in [0.2, 0.25) is 0 Å². The van der Waals surface area contributed by atoms with Crippen LogP contribution in [-0.4, -0.2) is 19.2 Å². The van der Waals surface area contributed by atoms with Crippen LogP contribution in [0.5, 0.6) is 17.2 Å². The van der Waals surface area contributed by atoms with E-state index in [1.54, 1.807) is 48.5 Å². The zero-order valence-electron chi connectivity index (χ0n) is 17.6. The van der Waals surface area contributed by atoms with Crippen molar-refractivity contribution in [2.75, 3.05) is 13.2 Å². The molecule has 0 aliphatic carbocycles. The molecule has 0 saturated carbocycles. The van der Waals surface area contributed by atoms with Gasteiger partial charge >= 0.3 is 5.97 Å². The largest absolute Gasteiger partial charge is 0.494 e. The van der Waals surface area contributed by atoms with E-state index in [1.807, 2.05) is 6.08 Å². The fourth-order valence-corrected chi connectivity index (χ4v) is 2.70. The van der Waals surface area contributed by atoms with E-state index in [4.69, 9.17) is 14.2 Å². The van der Waals surface area contributed by atoms with Gasteiger partial charge in [-0.2, -0.15) is 0 Å². The maximum atomic E-state index is 12.3. The first kappa shape index (κ1) is 22.5. The van der Waals surface area contributed by atoms with E-state index in [1.165, 1.54) is 12.8 Å². The Hall–Kier alpha value is -2.75. The molecule has 29 heavy (non-hydrogen) atoms. The lowest BCUT2D eigenvalue weighted by Gasteiger charge is -2.10. The van der Waals surface area contributed by atoms with Crippen molar-refractivity contribution in [1.29, 1.82) is 0 Å². The number of unbranched alkanes of at least 4 members (excludes halogenated alkanes) is 1. The summed E-state index contributed by atoms with van der Waals surface area (Å²) < 4.78 is 16.8. The highest BCUT2D eigenvalue weighted by atomic mass is 16.5. The minimum atomic E-state index is -0.395. The minimum Gasteiger partial charge on any atom is -0.494 e. The third-order valence-corrected chi connectivity index (χ3v) is 4.75. The summed E-state index contributed by atoms with van der Waals surface area (Å²) in [5.41, 5.74) is 0.488.